The lowest BCUT2D eigenvalue weighted by molar-refractivity contribution is -0.00250. The van der Waals surface area contributed by atoms with Crippen LogP contribution in [0, 0.1) is 0 Å². The number of hydrogen-bond acceptors (Lipinski definition) is 4. The number of carboxylic acid groups (broad SMARTS) is 1. The minimum Gasteiger partial charge on any atom is -0.476 e. The molecule has 1 aromatic heterocycles. The van der Waals surface area contributed by atoms with Crippen molar-refractivity contribution in [3.63, 3.8) is 0 Å². The van der Waals surface area contributed by atoms with Crippen LogP contribution < -0.4 is 0 Å². The average molecular weight is 211 g/mol. The number of ether oxygens (including phenoxy) is 1. The Bertz CT molecular complexity index is 346. The van der Waals surface area contributed by atoms with E-state index in [0.717, 1.165) is 12.8 Å². The first-order valence-electron chi connectivity index (χ1n) is 5.01. The highest BCUT2D eigenvalue weighted by atomic mass is 16.5. The number of aromatic nitrogens is 3. The second-order valence-electron chi connectivity index (χ2n) is 3.60. The van der Waals surface area contributed by atoms with E-state index in [9.17, 15) is 4.79 Å². The van der Waals surface area contributed by atoms with E-state index >= 15 is 0 Å². The Kier molecular flexibility index (Phi) is 2.96. The molecule has 2 rings (SSSR count). The molecule has 1 heterocycles. The van der Waals surface area contributed by atoms with Crippen molar-refractivity contribution in [3.05, 3.63) is 11.9 Å². The second-order valence-corrected chi connectivity index (χ2v) is 3.60. The van der Waals surface area contributed by atoms with E-state index in [1.54, 1.807) is 0 Å². The molecule has 6 heteroatoms. The molecule has 0 radical (unpaired) electrons. The summed E-state index contributed by atoms with van der Waals surface area (Å²) in [6, 6.07) is 0. The Labute approximate surface area is 86.8 Å². The van der Waals surface area contributed by atoms with E-state index in [1.165, 1.54) is 17.3 Å². The average Bonchev–Trinajstić information content (AvgIpc) is 2.57. The maximum Gasteiger partial charge on any atom is 0.358 e. The van der Waals surface area contributed by atoms with Crippen LogP contribution in [0.2, 0.25) is 0 Å². The molecule has 0 spiro atoms. The van der Waals surface area contributed by atoms with Crippen molar-refractivity contribution in [1.82, 2.24) is 15.0 Å². The number of carbonyl (C=O) groups is 1. The first-order chi connectivity index (χ1) is 7.25. The van der Waals surface area contributed by atoms with Gasteiger partial charge in [0.05, 0.1) is 25.5 Å². The Hall–Kier alpha value is -1.43. The zero-order chi connectivity index (χ0) is 10.7. The summed E-state index contributed by atoms with van der Waals surface area (Å²) in [6.07, 6.45) is 5.33. The Morgan fingerprint density at radius 3 is 3.00 bits per heavy atom. The monoisotopic (exact) mass is 211 g/mol. The van der Waals surface area contributed by atoms with E-state index in [2.05, 4.69) is 10.3 Å². The minimum atomic E-state index is -1.05. The summed E-state index contributed by atoms with van der Waals surface area (Å²) in [4.78, 5) is 10.5. The molecule has 15 heavy (non-hydrogen) atoms. The summed E-state index contributed by atoms with van der Waals surface area (Å²) in [5.41, 5.74) is -0.0290. The summed E-state index contributed by atoms with van der Waals surface area (Å²) in [5, 5.41) is 15.8. The molecule has 0 bridgehead atoms. The van der Waals surface area contributed by atoms with Crippen LogP contribution in [0.1, 0.15) is 29.8 Å². The SMILES string of the molecule is O=C(O)c1cn(CCOC2CCC2)nn1. The molecule has 1 N–H and O–H groups in total. The topological polar surface area (TPSA) is 77.2 Å². The van der Waals surface area contributed by atoms with Crippen molar-refractivity contribution in [1.29, 1.82) is 0 Å². The van der Waals surface area contributed by atoms with Gasteiger partial charge in [-0.15, -0.1) is 5.10 Å². The highest BCUT2D eigenvalue weighted by molar-refractivity contribution is 5.84. The standard InChI is InChI=1S/C9H13N3O3/c13-9(14)8-6-12(11-10-8)4-5-15-7-2-1-3-7/h6-7H,1-5H2,(H,13,14). The highest BCUT2D eigenvalue weighted by Crippen LogP contribution is 2.21. The van der Waals surface area contributed by atoms with E-state index in [1.807, 2.05) is 0 Å². The smallest absolute Gasteiger partial charge is 0.358 e. The minimum absolute atomic E-state index is 0.0290. The van der Waals surface area contributed by atoms with E-state index in [4.69, 9.17) is 9.84 Å². The summed E-state index contributed by atoms with van der Waals surface area (Å²) >= 11 is 0. The zero-order valence-corrected chi connectivity index (χ0v) is 8.30. The summed E-state index contributed by atoms with van der Waals surface area (Å²) in [7, 11) is 0. The molecular formula is C9H13N3O3. The maximum absolute atomic E-state index is 10.5. The zero-order valence-electron chi connectivity index (χ0n) is 8.30. The molecular weight excluding hydrogens is 198 g/mol. The molecule has 0 saturated heterocycles. The highest BCUT2D eigenvalue weighted by Gasteiger charge is 2.17. The van der Waals surface area contributed by atoms with Gasteiger partial charge in [-0.1, -0.05) is 5.21 Å². The first kappa shape index (κ1) is 10.1. The summed E-state index contributed by atoms with van der Waals surface area (Å²) in [5.74, 6) is -1.05. The summed E-state index contributed by atoms with van der Waals surface area (Å²) < 4.78 is 7.00. The van der Waals surface area contributed by atoms with Gasteiger partial charge in [-0.3, -0.25) is 0 Å². The van der Waals surface area contributed by atoms with E-state index in [-0.39, 0.29) is 5.69 Å². The Balaban J connectivity index is 1.75. The van der Waals surface area contributed by atoms with Crippen LogP contribution in [0.15, 0.2) is 6.20 Å². The number of nitrogens with zero attached hydrogens (tertiary/aromatic N) is 3. The van der Waals surface area contributed by atoms with Gasteiger partial charge in [0.2, 0.25) is 0 Å². The third-order valence-corrected chi connectivity index (χ3v) is 2.48. The molecule has 82 valence electrons. The number of rotatable bonds is 5. The Morgan fingerprint density at radius 1 is 1.67 bits per heavy atom. The molecule has 1 aromatic rings. The van der Waals surface area contributed by atoms with Gasteiger partial charge in [0.25, 0.3) is 0 Å². The van der Waals surface area contributed by atoms with Crippen LogP contribution in [0.4, 0.5) is 0 Å². The van der Waals surface area contributed by atoms with Gasteiger partial charge in [-0.25, -0.2) is 9.48 Å². The van der Waals surface area contributed by atoms with Crippen molar-refractivity contribution in [2.24, 2.45) is 0 Å². The van der Waals surface area contributed by atoms with Crippen molar-refractivity contribution in [3.8, 4) is 0 Å². The molecule has 0 amide bonds. The normalized spacial score (nSPS) is 16.3. The van der Waals surface area contributed by atoms with E-state index < -0.39 is 5.97 Å². The van der Waals surface area contributed by atoms with Gasteiger partial charge in [0, 0.05) is 0 Å². The molecule has 0 atom stereocenters. The van der Waals surface area contributed by atoms with Crippen molar-refractivity contribution >= 4 is 5.97 Å². The third kappa shape index (κ3) is 2.53. The van der Waals surface area contributed by atoms with Crippen LogP contribution in [0.25, 0.3) is 0 Å². The maximum atomic E-state index is 10.5. The molecule has 6 nitrogen and oxygen atoms in total. The van der Waals surface area contributed by atoms with Crippen LogP contribution in [0.3, 0.4) is 0 Å². The lowest BCUT2D eigenvalue weighted by Gasteiger charge is -2.25. The van der Waals surface area contributed by atoms with Crippen molar-refractivity contribution < 1.29 is 14.6 Å². The number of hydrogen-bond donors (Lipinski definition) is 1. The van der Waals surface area contributed by atoms with Gasteiger partial charge in [0.1, 0.15) is 0 Å². The predicted octanol–water partition coefficient (Wildman–Crippen LogP) is 0.545. The van der Waals surface area contributed by atoms with Crippen LogP contribution in [-0.2, 0) is 11.3 Å². The lowest BCUT2D eigenvalue weighted by Crippen LogP contribution is -2.23. The van der Waals surface area contributed by atoms with Gasteiger partial charge in [-0.05, 0) is 19.3 Å². The van der Waals surface area contributed by atoms with Gasteiger partial charge < -0.3 is 9.84 Å². The number of carboxylic acids is 1. The van der Waals surface area contributed by atoms with Crippen molar-refractivity contribution in [2.45, 2.75) is 31.9 Å². The van der Waals surface area contributed by atoms with Crippen LogP contribution in [-0.4, -0.2) is 38.8 Å². The fourth-order valence-corrected chi connectivity index (χ4v) is 1.36. The quantitative estimate of drug-likeness (QED) is 0.769. The predicted molar refractivity (Wildman–Crippen MR) is 50.6 cm³/mol. The molecule has 1 aliphatic rings. The fourth-order valence-electron chi connectivity index (χ4n) is 1.36. The van der Waals surface area contributed by atoms with Gasteiger partial charge in [0.15, 0.2) is 5.69 Å². The first-order valence-corrected chi connectivity index (χ1v) is 5.01. The molecule has 1 fully saturated rings. The third-order valence-electron chi connectivity index (χ3n) is 2.48. The number of aromatic carboxylic acids is 1. The molecule has 0 aromatic carbocycles. The molecule has 0 aliphatic heterocycles. The van der Waals surface area contributed by atoms with Gasteiger partial charge in [-0.2, -0.15) is 0 Å². The molecule has 0 unspecified atom stereocenters. The van der Waals surface area contributed by atoms with Crippen LogP contribution >= 0.6 is 0 Å². The van der Waals surface area contributed by atoms with Gasteiger partial charge >= 0.3 is 5.97 Å². The van der Waals surface area contributed by atoms with E-state index in [0.29, 0.717) is 19.3 Å². The fraction of sp³-hybridized carbons (Fsp3) is 0.667. The Morgan fingerprint density at radius 2 is 2.47 bits per heavy atom. The van der Waals surface area contributed by atoms with Crippen molar-refractivity contribution in [2.75, 3.05) is 6.61 Å². The molecule has 1 saturated carbocycles. The lowest BCUT2D eigenvalue weighted by atomic mass is 9.96. The van der Waals surface area contributed by atoms with Crippen LogP contribution in [0.5, 0.6) is 0 Å². The molecule has 1 aliphatic carbocycles. The second kappa shape index (κ2) is 4.39. The summed E-state index contributed by atoms with van der Waals surface area (Å²) in [6.45, 7) is 1.11. The largest absolute Gasteiger partial charge is 0.476 e.